The number of rotatable bonds is 8. The van der Waals surface area contributed by atoms with Crippen molar-refractivity contribution in [1.82, 2.24) is 0 Å². The molecule has 0 radical (unpaired) electrons. The minimum Gasteiger partial charge on any atom is -0.480 e. The van der Waals surface area contributed by atoms with Gasteiger partial charge in [-0.25, -0.2) is 0 Å². The third-order valence-corrected chi connectivity index (χ3v) is 3.42. The highest BCUT2D eigenvalue weighted by atomic mass is 32.2. The summed E-state index contributed by atoms with van der Waals surface area (Å²) >= 11 is 1.52. The monoisotopic (exact) mass is 216 g/mol. The molecule has 0 fully saturated rings. The van der Waals surface area contributed by atoms with Crippen molar-refractivity contribution >= 4 is 17.7 Å². The molecule has 14 heavy (non-hydrogen) atoms. The molecule has 0 unspecified atom stereocenters. The Hall–Kier alpha value is -0.440. The van der Waals surface area contributed by atoms with Gasteiger partial charge in [-0.2, -0.15) is 0 Å². The number of carboxylic acid groups (broad SMARTS) is 1. The van der Waals surface area contributed by atoms with Gasteiger partial charge in [0, 0.05) is 0 Å². The first-order chi connectivity index (χ1) is 6.50. The fourth-order valence-corrected chi connectivity index (χ4v) is 1.94. The van der Waals surface area contributed by atoms with Gasteiger partial charge in [0.15, 0.2) is 0 Å². The second-order valence-corrected chi connectivity index (χ2v) is 5.52. The fourth-order valence-electron chi connectivity index (χ4n) is 0.957. The van der Waals surface area contributed by atoms with Crippen LogP contribution in [0.4, 0.5) is 0 Å². The van der Waals surface area contributed by atoms with E-state index in [1.807, 2.05) is 6.08 Å². The van der Waals surface area contributed by atoms with Gasteiger partial charge in [0.25, 0.3) is 0 Å². The van der Waals surface area contributed by atoms with Crippen LogP contribution in [-0.2, 0) is 4.79 Å². The second-order valence-electron chi connectivity index (χ2n) is 3.80. The lowest BCUT2D eigenvalue weighted by Gasteiger charge is -2.17. The van der Waals surface area contributed by atoms with E-state index in [-0.39, 0.29) is 0 Å². The van der Waals surface area contributed by atoms with Crippen LogP contribution in [0.3, 0.4) is 0 Å². The molecule has 0 bridgehead atoms. The lowest BCUT2D eigenvalue weighted by Crippen LogP contribution is -2.27. The number of thioether (sulfide) groups is 1. The summed E-state index contributed by atoms with van der Waals surface area (Å²) in [4.78, 5) is 10.8. The predicted octanol–water partition coefficient (Wildman–Crippen LogP) is 3.33. The van der Waals surface area contributed by atoms with Gasteiger partial charge in [0.2, 0.25) is 0 Å². The molecule has 0 aromatic rings. The molecule has 0 amide bonds. The molecule has 0 atom stereocenters. The molecule has 0 aliphatic rings. The van der Waals surface area contributed by atoms with Gasteiger partial charge in [-0.3, -0.25) is 4.79 Å². The zero-order valence-corrected chi connectivity index (χ0v) is 9.90. The van der Waals surface area contributed by atoms with E-state index in [4.69, 9.17) is 5.11 Å². The Morgan fingerprint density at radius 1 is 1.43 bits per heavy atom. The van der Waals surface area contributed by atoms with Gasteiger partial charge in [0.05, 0.1) is 0 Å². The second kappa shape index (κ2) is 6.93. The average molecular weight is 216 g/mol. The lowest BCUT2D eigenvalue weighted by atomic mass is 10.2. The Morgan fingerprint density at radius 3 is 2.57 bits per heavy atom. The fraction of sp³-hybridized carbons (Fsp3) is 0.727. The third kappa shape index (κ3) is 6.08. The summed E-state index contributed by atoms with van der Waals surface area (Å²) in [5, 5.41) is 8.85. The van der Waals surface area contributed by atoms with E-state index in [2.05, 4.69) is 6.58 Å². The zero-order chi connectivity index (χ0) is 11.0. The first-order valence-corrected chi connectivity index (χ1v) is 5.97. The Bertz CT molecular complexity index is 188. The number of hydrogen-bond acceptors (Lipinski definition) is 2. The molecule has 0 aliphatic heterocycles. The van der Waals surface area contributed by atoms with Crippen molar-refractivity contribution in [1.29, 1.82) is 0 Å². The lowest BCUT2D eigenvalue weighted by molar-refractivity contribution is -0.138. The Balaban J connectivity index is 3.44. The van der Waals surface area contributed by atoms with Crippen molar-refractivity contribution in [2.45, 2.75) is 44.3 Å². The highest BCUT2D eigenvalue weighted by Gasteiger charge is 2.26. The minimum absolute atomic E-state index is 0.640. The van der Waals surface area contributed by atoms with Crippen LogP contribution >= 0.6 is 11.8 Å². The van der Waals surface area contributed by atoms with Crippen LogP contribution in [0.5, 0.6) is 0 Å². The Kier molecular flexibility index (Phi) is 6.71. The van der Waals surface area contributed by atoms with E-state index in [1.54, 1.807) is 13.8 Å². The third-order valence-electron chi connectivity index (χ3n) is 2.03. The van der Waals surface area contributed by atoms with Gasteiger partial charge < -0.3 is 5.11 Å². The summed E-state index contributed by atoms with van der Waals surface area (Å²) < 4.78 is -0.640. The smallest absolute Gasteiger partial charge is 0.319 e. The summed E-state index contributed by atoms with van der Waals surface area (Å²) in [5.74, 6) is 0.199. The number of carboxylic acids is 1. The zero-order valence-electron chi connectivity index (χ0n) is 9.08. The molecule has 0 aliphatic carbocycles. The normalized spacial score (nSPS) is 11.3. The first-order valence-electron chi connectivity index (χ1n) is 4.99. The standard InChI is InChI=1S/C11H20O2S/c1-4-5-6-7-8-9-14-11(2,3)10(12)13/h4H,1,5-9H2,2-3H3,(H,12,13). The van der Waals surface area contributed by atoms with E-state index in [0.29, 0.717) is 0 Å². The van der Waals surface area contributed by atoms with Crippen molar-refractivity contribution in [2.75, 3.05) is 5.75 Å². The van der Waals surface area contributed by atoms with E-state index in [0.717, 1.165) is 31.4 Å². The molecule has 2 nitrogen and oxygen atoms in total. The van der Waals surface area contributed by atoms with E-state index >= 15 is 0 Å². The largest absolute Gasteiger partial charge is 0.480 e. The summed E-state index contributed by atoms with van der Waals surface area (Å²) in [7, 11) is 0. The maximum absolute atomic E-state index is 10.8. The van der Waals surface area contributed by atoms with Crippen molar-refractivity contribution in [3.63, 3.8) is 0 Å². The summed E-state index contributed by atoms with van der Waals surface area (Å²) in [6, 6.07) is 0. The van der Waals surface area contributed by atoms with Gasteiger partial charge in [-0.1, -0.05) is 12.5 Å². The highest BCUT2D eigenvalue weighted by molar-refractivity contribution is 8.01. The number of aliphatic carboxylic acids is 1. The molecule has 0 rings (SSSR count). The highest BCUT2D eigenvalue weighted by Crippen LogP contribution is 2.25. The molecule has 3 heteroatoms. The quantitative estimate of drug-likeness (QED) is 0.499. The maximum atomic E-state index is 10.8. The molecular formula is C11H20O2S. The van der Waals surface area contributed by atoms with Crippen LogP contribution in [0, 0.1) is 0 Å². The summed E-state index contributed by atoms with van der Waals surface area (Å²) in [6.07, 6.45) is 6.41. The number of carbonyl (C=O) groups is 1. The number of unbranched alkanes of at least 4 members (excludes halogenated alkanes) is 3. The molecule has 0 heterocycles. The van der Waals surface area contributed by atoms with Crippen molar-refractivity contribution in [3.05, 3.63) is 12.7 Å². The van der Waals surface area contributed by atoms with Crippen molar-refractivity contribution in [2.24, 2.45) is 0 Å². The number of allylic oxidation sites excluding steroid dienone is 1. The van der Waals surface area contributed by atoms with Crippen LogP contribution < -0.4 is 0 Å². The SMILES string of the molecule is C=CCCCCCSC(C)(C)C(=O)O. The topological polar surface area (TPSA) is 37.3 Å². The Morgan fingerprint density at radius 2 is 2.07 bits per heavy atom. The number of hydrogen-bond donors (Lipinski definition) is 1. The van der Waals surface area contributed by atoms with E-state index in [9.17, 15) is 4.79 Å². The average Bonchev–Trinajstić information content (AvgIpc) is 2.10. The minimum atomic E-state index is -0.728. The van der Waals surface area contributed by atoms with Crippen LogP contribution in [0.1, 0.15) is 39.5 Å². The van der Waals surface area contributed by atoms with Crippen molar-refractivity contribution in [3.8, 4) is 0 Å². The van der Waals surface area contributed by atoms with E-state index < -0.39 is 10.7 Å². The van der Waals surface area contributed by atoms with Crippen LogP contribution in [0.25, 0.3) is 0 Å². The predicted molar refractivity (Wildman–Crippen MR) is 62.8 cm³/mol. The first kappa shape index (κ1) is 13.6. The molecular weight excluding hydrogens is 196 g/mol. The van der Waals surface area contributed by atoms with Gasteiger partial charge in [-0.05, 0) is 38.9 Å². The maximum Gasteiger partial charge on any atom is 0.319 e. The summed E-state index contributed by atoms with van der Waals surface area (Å²) in [5.41, 5.74) is 0. The molecule has 0 spiro atoms. The van der Waals surface area contributed by atoms with Crippen LogP contribution in [0.15, 0.2) is 12.7 Å². The summed E-state index contributed by atoms with van der Waals surface area (Å²) in [6.45, 7) is 7.17. The molecule has 82 valence electrons. The Labute approximate surface area is 90.8 Å². The van der Waals surface area contributed by atoms with Crippen LogP contribution in [0.2, 0.25) is 0 Å². The molecule has 1 N–H and O–H groups in total. The molecule has 0 aromatic carbocycles. The van der Waals surface area contributed by atoms with Gasteiger partial charge in [-0.15, -0.1) is 18.3 Å². The van der Waals surface area contributed by atoms with Gasteiger partial charge >= 0.3 is 5.97 Å². The van der Waals surface area contributed by atoms with Crippen molar-refractivity contribution < 1.29 is 9.90 Å². The van der Waals surface area contributed by atoms with Crippen LogP contribution in [-0.4, -0.2) is 21.6 Å². The van der Waals surface area contributed by atoms with Gasteiger partial charge in [0.1, 0.15) is 4.75 Å². The molecule has 0 aromatic heterocycles. The molecule has 0 saturated heterocycles. The molecule has 0 saturated carbocycles. The van der Waals surface area contributed by atoms with E-state index in [1.165, 1.54) is 11.8 Å².